The quantitative estimate of drug-likeness (QED) is 0.0787. The fraction of sp³-hybridized carbons (Fsp3) is 0.250. The molecule has 4 heterocycles. The number of anilines is 2. The van der Waals surface area contributed by atoms with E-state index >= 15 is 9.59 Å². The Hall–Kier alpha value is -6.18. The Morgan fingerprint density at radius 2 is 1.71 bits per heavy atom. The van der Waals surface area contributed by atoms with Crippen molar-refractivity contribution in [2.24, 2.45) is 36.1 Å². The smallest absolute Gasteiger partial charge is 0.271 e. The standard InChI is InChI=1S/C44H34ClN5O7S/c1-21-29-17-23(45)12-16-34(29)58-39(21)32-20-35(47(3)46-32)49-41(53)31-19-30-27(38(44(31,2)43(49)55)37-26-10-5-4-7-22(26)11-15-33(37)51)13-14-28-36(30)42(54)48(40(28)52)24-8-6-9-25(18-24)50(56)57/h4-13,15-18,20,28,30-31,36,38,51H,14,19H2,1-3H3. The lowest BCUT2D eigenvalue weighted by Gasteiger charge is -2.49. The lowest BCUT2D eigenvalue weighted by atomic mass is 9.51. The van der Waals surface area contributed by atoms with Crippen LogP contribution in [0.3, 0.4) is 0 Å². The number of non-ortho nitro benzene ring substituents is 1. The average molecular weight is 812 g/mol. The molecule has 2 aromatic heterocycles. The summed E-state index contributed by atoms with van der Waals surface area (Å²) in [5.41, 5.74) is 1.17. The number of fused-ring (bicyclic) bond motifs is 6. The number of phenols is 1. The third-order valence-corrected chi connectivity index (χ3v) is 14.6. The van der Waals surface area contributed by atoms with Crippen molar-refractivity contribution in [3.63, 3.8) is 0 Å². The SMILES string of the molecule is Cc1c(-c2cc(N3C(=O)C4CC5C(=CCC6C(=O)N(c7cccc([N+](=O)[O-])c7)C(=O)C65)C(c5c(O)ccc6ccccc56)C4(C)C3=O)n(C)n2)sc2ccc(Cl)cc12. The second kappa shape index (κ2) is 12.7. The van der Waals surface area contributed by atoms with Gasteiger partial charge in [-0.1, -0.05) is 59.6 Å². The molecule has 58 heavy (non-hydrogen) atoms. The highest BCUT2D eigenvalue weighted by Gasteiger charge is 2.68. The van der Waals surface area contributed by atoms with E-state index in [0.717, 1.165) is 30.8 Å². The minimum Gasteiger partial charge on any atom is -0.508 e. The Bertz CT molecular complexity index is 2900. The molecule has 2 aliphatic heterocycles. The zero-order chi connectivity index (χ0) is 40.5. The van der Waals surface area contributed by atoms with E-state index in [1.54, 1.807) is 43.5 Å². The highest BCUT2D eigenvalue weighted by molar-refractivity contribution is 7.22. The molecular weight excluding hydrogens is 778 g/mol. The van der Waals surface area contributed by atoms with Crippen molar-refractivity contribution < 1.29 is 29.2 Å². The molecule has 3 fully saturated rings. The number of halogens is 1. The van der Waals surface area contributed by atoms with Crippen LogP contribution >= 0.6 is 22.9 Å². The van der Waals surface area contributed by atoms with Gasteiger partial charge in [-0.25, -0.2) is 9.80 Å². The van der Waals surface area contributed by atoms with Gasteiger partial charge in [0.1, 0.15) is 17.3 Å². The minimum atomic E-state index is -1.42. The van der Waals surface area contributed by atoms with Gasteiger partial charge in [-0.3, -0.25) is 34.0 Å². The summed E-state index contributed by atoms with van der Waals surface area (Å²) in [7, 11) is 1.69. The van der Waals surface area contributed by atoms with Crippen molar-refractivity contribution >= 4 is 84.6 Å². The Balaban J connectivity index is 1.12. The number of allylic oxidation sites excluding steroid dienone is 2. The number of nitro benzene ring substituents is 1. The number of hydrogen-bond donors (Lipinski definition) is 1. The molecule has 6 atom stereocenters. The molecule has 10 rings (SSSR count). The van der Waals surface area contributed by atoms with E-state index in [1.807, 2.05) is 55.5 Å². The van der Waals surface area contributed by atoms with Crippen LogP contribution in [0.4, 0.5) is 17.2 Å². The summed E-state index contributed by atoms with van der Waals surface area (Å²) >= 11 is 7.87. The molecule has 14 heteroatoms. The average Bonchev–Trinajstić information content (AvgIpc) is 3.88. The van der Waals surface area contributed by atoms with Gasteiger partial charge in [0.2, 0.25) is 23.6 Å². The van der Waals surface area contributed by atoms with Crippen LogP contribution in [0.25, 0.3) is 31.4 Å². The molecule has 2 aliphatic carbocycles. The number of aryl methyl sites for hydroxylation is 2. The fourth-order valence-corrected chi connectivity index (χ4v) is 11.7. The van der Waals surface area contributed by atoms with Crippen molar-refractivity contribution in [2.45, 2.75) is 32.6 Å². The van der Waals surface area contributed by atoms with Crippen LogP contribution in [0.5, 0.6) is 5.75 Å². The summed E-state index contributed by atoms with van der Waals surface area (Å²) in [6, 6.07) is 23.8. The first-order chi connectivity index (χ1) is 27.8. The number of carbonyl (C=O) groups excluding carboxylic acids is 4. The summed E-state index contributed by atoms with van der Waals surface area (Å²) in [5.74, 6) is -5.82. The van der Waals surface area contributed by atoms with Gasteiger partial charge in [0.05, 0.1) is 38.7 Å². The number of carbonyl (C=O) groups is 4. The molecule has 0 bridgehead atoms. The molecular formula is C44H34ClN5O7S. The molecule has 0 radical (unpaired) electrons. The summed E-state index contributed by atoms with van der Waals surface area (Å²) in [5, 5.41) is 31.4. The zero-order valence-corrected chi connectivity index (χ0v) is 33.0. The number of phenolic OH excluding ortho intramolecular Hbond substituents is 1. The van der Waals surface area contributed by atoms with Gasteiger partial charge in [-0.15, -0.1) is 11.3 Å². The maximum Gasteiger partial charge on any atom is 0.271 e. The highest BCUT2D eigenvalue weighted by atomic mass is 35.5. The van der Waals surface area contributed by atoms with Gasteiger partial charge in [0, 0.05) is 46.5 Å². The number of thiophene rings is 1. The fourth-order valence-electron chi connectivity index (χ4n) is 10.3. The van der Waals surface area contributed by atoms with Crippen molar-refractivity contribution in [3.8, 4) is 16.3 Å². The first-order valence-corrected chi connectivity index (χ1v) is 20.1. The number of benzene rings is 4. The predicted octanol–water partition coefficient (Wildman–Crippen LogP) is 8.47. The molecule has 6 unspecified atom stereocenters. The van der Waals surface area contributed by atoms with E-state index in [-0.39, 0.29) is 35.8 Å². The Labute approximate surface area is 340 Å². The maximum absolute atomic E-state index is 15.3. The van der Waals surface area contributed by atoms with E-state index in [9.17, 15) is 24.8 Å². The normalized spacial score (nSPS) is 25.4. The van der Waals surface area contributed by atoms with Crippen molar-refractivity contribution in [1.29, 1.82) is 0 Å². The van der Waals surface area contributed by atoms with Crippen LogP contribution in [0.15, 0.2) is 96.6 Å². The van der Waals surface area contributed by atoms with E-state index in [1.165, 1.54) is 33.8 Å². The van der Waals surface area contributed by atoms with Crippen LogP contribution in [0, 0.1) is 46.1 Å². The third kappa shape index (κ3) is 4.89. The number of aromatic hydroxyl groups is 1. The van der Waals surface area contributed by atoms with Crippen LogP contribution in [-0.4, -0.2) is 43.4 Å². The molecule has 4 aliphatic rings. The molecule has 4 amide bonds. The Morgan fingerprint density at radius 3 is 2.50 bits per heavy atom. The number of nitrogens with zero attached hydrogens (tertiary/aromatic N) is 5. The Kier molecular flexibility index (Phi) is 7.90. The lowest BCUT2D eigenvalue weighted by Crippen LogP contribution is -2.49. The van der Waals surface area contributed by atoms with E-state index in [4.69, 9.17) is 16.7 Å². The third-order valence-electron chi connectivity index (χ3n) is 13.0. The van der Waals surface area contributed by atoms with Crippen LogP contribution in [-0.2, 0) is 26.2 Å². The van der Waals surface area contributed by atoms with Gasteiger partial charge in [0.25, 0.3) is 5.69 Å². The minimum absolute atomic E-state index is 0.0544. The largest absolute Gasteiger partial charge is 0.508 e. The molecule has 6 aromatic rings. The van der Waals surface area contributed by atoms with E-state index in [0.29, 0.717) is 27.2 Å². The molecule has 1 saturated carbocycles. The monoisotopic (exact) mass is 811 g/mol. The Morgan fingerprint density at radius 1 is 0.914 bits per heavy atom. The molecule has 2 saturated heterocycles. The van der Waals surface area contributed by atoms with Crippen LogP contribution in [0.2, 0.25) is 5.02 Å². The predicted molar refractivity (Wildman–Crippen MR) is 220 cm³/mol. The van der Waals surface area contributed by atoms with Gasteiger partial charge in [-0.05, 0) is 84.7 Å². The summed E-state index contributed by atoms with van der Waals surface area (Å²) < 4.78 is 2.55. The second-order valence-electron chi connectivity index (χ2n) is 15.9. The van der Waals surface area contributed by atoms with Gasteiger partial charge in [0.15, 0.2) is 0 Å². The van der Waals surface area contributed by atoms with Gasteiger partial charge in [-0.2, -0.15) is 5.10 Å². The molecule has 1 N–H and O–H groups in total. The molecule has 290 valence electrons. The number of imide groups is 2. The number of aromatic nitrogens is 2. The lowest BCUT2D eigenvalue weighted by molar-refractivity contribution is -0.384. The molecule has 0 spiro atoms. The van der Waals surface area contributed by atoms with Crippen molar-refractivity contribution in [1.82, 2.24) is 9.78 Å². The summed E-state index contributed by atoms with van der Waals surface area (Å²) in [6.45, 7) is 3.76. The van der Waals surface area contributed by atoms with Crippen molar-refractivity contribution in [3.05, 3.63) is 123 Å². The zero-order valence-electron chi connectivity index (χ0n) is 31.4. The van der Waals surface area contributed by atoms with Crippen LogP contribution < -0.4 is 9.80 Å². The number of rotatable bonds is 5. The highest BCUT2D eigenvalue weighted by Crippen LogP contribution is 2.65. The summed E-state index contributed by atoms with van der Waals surface area (Å²) in [4.78, 5) is 73.3. The molecule has 12 nitrogen and oxygen atoms in total. The molecule has 4 aromatic carbocycles. The topological polar surface area (TPSA) is 156 Å². The van der Waals surface area contributed by atoms with Crippen LogP contribution in [0.1, 0.15) is 36.8 Å². The number of nitro groups is 1. The summed E-state index contributed by atoms with van der Waals surface area (Å²) in [6.07, 6.45) is 2.18. The van der Waals surface area contributed by atoms with E-state index < -0.39 is 63.6 Å². The second-order valence-corrected chi connectivity index (χ2v) is 17.4. The number of hydrogen-bond acceptors (Lipinski definition) is 9. The van der Waals surface area contributed by atoms with Gasteiger partial charge < -0.3 is 5.11 Å². The maximum atomic E-state index is 15.3. The first kappa shape index (κ1) is 36.2. The van der Waals surface area contributed by atoms with Gasteiger partial charge >= 0.3 is 0 Å². The van der Waals surface area contributed by atoms with Crippen molar-refractivity contribution in [2.75, 3.05) is 9.80 Å². The first-order valence-electron chi connectivity index (χ1n) is 18.9. The number of amides is 4. The van der Waals surface area contributed by atoms with E-state index in [2.05, 4.69) is 0 Å².